The van der Waals surface area contributed by atoms with Crippen LogP contribution in [-0.4, -0.2) is 122 Å². The van der Waals surface area contributed by atoms with E-state index >= 15 is 0 Å². The zero-order valence-electron chi connectivity index (χ0n) is 28.6. The molecule has 3 aromatic rings. The molecule has 0 spiro atoms. The smallest absolute Gasteiger partial charge is 0.271 e. The van der Waals surface area contributed by atoms with Gasteiger partial charge >= 0.3 is 0 Å². The molecule has 2 aliphatic carbocycles. The van der Waals surface area contributed by atoms with Crippen LogP contribution in [0, 0.1) is 0 Å². The van der Waals surface area contributed by atoms with Gasteiger partial charge in [-0.05, 0) is 13.0 Å². The van der Waals surface area contributed by atoms with Crippen molar-refractivity contribution in [3.8, 4) is 17.2 Å². The molecule has 3 aliphatic rings. The Labute approximate surface area is 295 Å². The summed E-state index contributed by atoms with van der Waals surface area (Å²) in [4.78, 5) is 56.8. The van der Waals surface area contributed by atoms with E-state index in [1.165, 1.54) is 36.6 Å². The number of carbonyl (C=O) groups is 4. The summed E-state index contributed by atoms with van der Waals surface area (Å²) < 4.78 is 17.0. The van der Waals surface area contributed by atoms with Crippen molar-refractivity contribution in [3.63, 3.8) is 0 Å². The average molecular weight is 726 g/mol. The lowest BCUT2D eigenvalue weighted by atomic mass is 9.72. The van der Waals surface area contributed by atoms with Gasteiger partial charge in [0.25, 0.3) is 5.91 Å². The van der Waals surface area contributed by atoms with Crippen LogP contribution in [0.1, 0.15) is 79.3 Å². The molecule has 0 bridgehead atoms. The molecule has 0 saturated carbocycles. The predicted octanol–water partition coefficient (Wildman–Crippen LogP) is 0.0702. The Hall–Kier alpha value is -5.31. The first kappa shape index (κ1) is 37.9. The second-order valence-electron chi connectivity index (χ2n) is 12.7. The number of benzene rings is 2. The van der Waals surface area contributed by atoms with Crippen molar-refractivity contribution in [2.45, 2.75) is 62.4 Å². The van der Waals surface area contributed by atoms with Gasteiger partial charge in [-0.2, -0.15) is 0 Å². The Morgan fingerprint density at radius 3 is 2.46 bits per heavy atom. The Balaban J connectivity index is 0.000000340. The molecule has 1 fully saturated rings. The highest BCUT2D eigenvalue weighted by molar-refractivity contribution is 6.31. The van der Waals surface area contributed by atoms with Gasteiger partial charge in [-0.1, -0.05) is 17.4 Å². The number of ketones is 3. The summed E-state index contributed by atoms with van der Waals surface area (Å²) in [5.74, 6) is -4.14. The lowest BCUT2D eigenvalue weighted by Crippen LogP contribution is -2.53. The van der Waals surface area contributed by atoms with E-state index in [1.807, 2.05) is 0 Å². The number of rotatable bonds is 8. The second kappa shape index (κ2) is 14.7. The number of fused-ring (bicyclic) bond motifs is 3. The van der Waals surface area contributed by atoms with Gasteiger partial charge in [0.2, 0.25) is 5.78 Å². The maximum atomic E-state index is 13.6. The van der Waals surface area contributed by atoms with Crippen LogP contribution in [0.5, 0.6) is 17.2 Å². The van der Waals surface area contributed by atoms with Crippen LogP contribution < -0.4 is 16.2 Å². The number of aliphatic hydroxyl groups is 3. The van der Waals surface area contributed by atoms with Crippen molar-refractivity contribution in [2.75, 3.05) is 27.8 Å². The number of aliphatic hydroxyl groups excluding tert-OH is 2. The van der Waals surface area contributed by atoms with Gasteiger partial charge in [0.15, 0.2) is 29.4 Å². The van der Waals surface area contributed by atoms with E-state index in [9.17, 15) is 44.7 Å². The van der Waals surface area contributed by atoms with E-state index in [0.717, 1.165) is 0 Å². The molecular weight excluding hydrogens is 686 g/mol. The molecule has 19 heteroatoms. The van der Waals surface area contributed by atoms with Crippen LogP contribution in [0.2, 0.25) is 0 Å². The van der Waals surface area contributed by atoms with E-state index in [4.69, 9.17) is 25.7 Å². The van der Waals surface area contributed by atoms with E-state index in [2.05, 4.69) is 20.3 Å². The number of nitrogens with one attached hydrogen (secondary N) is 1. The van der Waals surface area contributed by atoms with Crippen molar-refractivity contribution in [1.82, 2.24) is 15.0 Å². The van der Waals surface area contributed by atoms with Crippen molar-refractivity contribution in [3.05, 3.63) is 63.6 Å². The Kier molecular flexibility index (Phi) is 10.8. The number of Topliss-reactive ketones (excluding diaryl/α,β-unsaturated/α-hetero) is 1. The summed E-state index contributed by atoms with van der Waals surface area (Å²) in [7, 11) is 4.75. The maximum absolute atomic E-state index is 13.6. The predicted molar refractivity (Wildman–Crippen MR) is 177 cm³/mol. The van der Waals surface area contributed by atoms with Gasteiger partial charge < -0.3 is 56.2 Å². The molecule has 0 unspecified atom stereocenters. The molecule has 6 rings (SSSR count). The number of amides is 1. The summed E-state index contributed by atoms with van der Waals surface area (Å²) in [6.07, 6.45) is -3.79. The molecule has 52 heavy (non-hydrogen) atoms. The number of methoxy groups -OCH3 is 1. The zero-order valence-corrected chi connectivity index (χ0v) is 28.6. The number of primary amides is 1. The first-order valence-corrected chi connectivity index (χ1v) is 15.9. The topological polar surface area (TPSA) is 306 Å². The normalized spacial score (nSPS) is 25.0. The van der Waals surface area contributed by atoms with E-state index in [-0.39, 0.29) is 45.9 Å². The minimum Gasteiger partial charge on any atom is -0.507 e. The Morgan fingerprint density at radius 2 is 1.85 bits per heavy atom. The Morgan fingerprint density at radius 1 is 1.15 bits per heavy atom. The maximum Gasteiger partial charge on any atom is 0.271 e. The molecule has 6 atom stereocenters. The highest BCUT2D eigenvalue weighted by atomic mass is 16.7. The van der Waals surface area contributed by atoms with Crippen molar-refractivity contribution >= 4 is 29.1 Å². The third-order valence-corrected chi connectivity index (χ3v) is 8.98. The number of nitrogens with zero attached hydrogens (tertiary/aromatic N) is 4. The van der Waals surface area contributed by atoms with Gasteiger partial charge in [-0.15, -0.1) is 5.11 Å². The molecule has 1 aliphatic heterocycles. The quantitative estimate of drug-likeness (QED) is 0.0677. The number of H-pyrrole nitrogens is 1. The lowest BCUT2D eigenvalue weighted by molar-refractivity contribution is -0.247. The number of phenols is 2. The third-order valence-electron chi connectivity index (χ3n) is 8.98. The fraction of sp³-hybridized carbons (Fsp3) is 0.424. The zero-order chi connectivity index (χ0) is 38.2. The third kappa shape index (κ3) is 6.84. The Bertz CT molecular complexity index is 1930. The second-order valence-corrected chi connectivity index (χ2v) is 12.7. The summed E-state index contributed by atoms with van der Waals surface area (Å²) >= 11 is 0. The van der Waals surface area contributed by atoms with E-state index in [0.29, 0.717) is 0 Å². The highest BCUT2D eigenvalue weighted by Crippen LogP contribution is 2.52. The van der Waals surface area contributed by atoms with Crippen LogP contribution >= 0.6 is 0 Å². The molecule has 19 nitrogen and oxygen atoms in total. The summed E-state index contributed by atoms with van der Waals surface area (Å²) in [6, 6.07) is 3.64. The van der Waals surface area contributed by atoms with Crippen molar-refractivity contribution in [1.29, 1.82) is 0 Å². The number of hydrogen-bond acceptors (Lipinski definition) is 16. The van der Waals surface area contributed by atoms with Gasteiger partial charge in [0.05, 0.1) is 48.4 Å². The molecule has 1 saturated heterocycles. The number of ether oxygens (including phenoxy) is 3. The SMILES string of the molecule is CN(C)/N=N/c1[nH]cnc1C(N)=O.COc1cccc2c1C(=O)c1c(O)c3c(c(O)c1C2=O)C[C@@](O)(C(=O)CO)C[C@@H]3O[C@H]1C[C@H](N)[C@@H](O)[C@H](C)O1. The van der Waals surface area contributed by atoms with Gasteiger partial charge in [0.1, 0.15) is 29.5 Å². The van der Waals surface area contributed by atoms with Crippen LogP contribution in [0.3, 0.4) is 0 Å². The van der Waals surface area contributed by atoms with Crippen LogP contribution in [0.15, 0.2) is 34.9 Å². The first-order valence-electron chi connectivity index (χ1n) is 15.9. The largest absolute Gasteiger partial charge is 0.507 e. The summed E-state index contributed by atoms with van der Waals surface area (Å²) in [6.45, 7) is 0.560. The number of aromatic nitrogens is 2. The molecular formula is C33H39N7O12. The molecule has 1 amide bonds. The summed E-state index contributed by atoms with van der Waals surface area (Å²) in [5.41, 5.74) is 7.49. The van der Waals surface area contributed by atoms with Gasteiger partial charge in [-0.25, -0.2) is 4.98 Å². The fourth-order valence-electron chi connectivity index (χ4n) is 6.43. The number of phenolic OH excluding ortho intramolecular Hbond substituents is 2. The number of aromatic amines is 1. The molecule has 1 aromatic heterocycles. The van der Waals surface area contributed by atoms with Crippen molar-refractivity contribution < 1.29 is 58.9 Å². The standard InChI is InChI=1S/C27H29NO11.C6H10N6O/c1-10-22(31)13(28)6-17(38-10)39-15-8-27(36,16(30)9-29)7-12-19(15)26(35)21-20(24(12)33)23(32)11-4-3-5-14(37-2)18(11)25(21)34;1-12(2)11-10-6-4(5(7)13)8-3-9-6/h3-5,10,13,15,17,22,29,31,33,35-36H,6-9,28H2,1-2H3;3H,1-2H3,(H2,7,13)(H,8,9)/b;11-10+/t10-,13-,15-,17-,22-,27-;/m0./s1. The number of aromatic hydroxyl groups is 2. The monoisotopic (exact) mass is 725 g/mol. The molecule has 278 valence electrons. The van der Waals surface area contributed by atoms with Crippen LogP contribution in [0.4, 0.5) is 5.82 Å². The van der Waals surface area contributed by atoms with E-state index < -0.39 is 102 Å². The summed E-state index contributed by atoms with van der Waals surface area (Å²) in [5, 5.41) is 62.6. The van der Waals surface area contributed by atoms with E-state index in [1.54, 1.807) is 21.0 Å². The fourth-order valence-corrected chi connectivity index (χ4v) is 6.43. The van der Waals surface area contributed by atoms with Crippen LogP contribution in [-0.2, 0) is 20.7 Å². The minimum atomic E-state index is -2.24. The van der Waals surface area contributed by atoms with Crippen LogP contribution in [0.25, 0.3) is 0 Å². The first-order chi connectivity index (χ1) is 24.5. The number of carbonyl (C=O) groups excluding carboxylic acids is 4. The van der Waals surface area contributed by atoms with Gasteiger partial charge in [0, 0.05) is 56.1 Å². The molecule has 0 radical (unpaired) electrons. The molecule has 2 heterocycles. The number of hydrogen-bond donors (Lipinski definition) is 8. The molecule has 10 N–H and O–H groups in total. The number of imidazole rings is 1. The number of nitrogens with two attached hydrogens (primary N) is 2. The van der Waals surface area contributed by atoms with Crippen molar-refractivity contribution in [2.24, 2.45) is 21.8 Å². The highest BCUT2D eigenvalue weighted by Gasteiger charge is 2.50. The minimum absolute atomic E-state index is 0.0173. The molecule has 2 aromatic carbocycles. The average Bonchev–Trinajstić information content (AvgIpc) is 3.59. The van der Waals surface area contributed by atoms with Gasteiger partial charge in [-0.3, -0.25) is 24.2 Å². The lowest BCUT2D eigenvalue weighted by Gasteiger charge is -2.42.